The van der Waals surface area contributed by atoms with Gasteiger partial charge in [0.2, 0.25) is 11.9 Å². The SMILES string of the molecule is O=C(NC1CC2(C1)CC(F)(F)C2)c1ccnc(-n2ccnc2)n1. The number of alkyl halides is 2. The molecule has 2 aromatic rings. The number of halogens is 2. The lowest BCUT2D eigenvalue weighted by Gasteiger charge is -2.57. The van der Waals surface area contributed by atoms with Crippen molar-refractivity contribution in [2.24, 2.45) is 5.41 Å². The fourth-order valence-electron chi connectivity index (χ4n) is 3.66. The molecule has 2 heterocycles. The predicted octanol–water partition coefficient (Wildman–Crippen LogP) is 1.97. The van der Waals surface area contributed by atoms with Crippen LogP contribution < -0.4 is 5.32 Å². The van der Waals surface area contributed by atoms with Gasteiger partial charge in [-0.3, -0.25) is 9.36 Å². The molecule has 2 aliphatic carbocycles. The Morgan fingerprint density at radius 3 is 2.74 bits per heavy atom. The standard InChI is InChI=1S/C15H15F2N5O/c16-15(17)7-14(8-15)5-10(6-14)20-12(23)11-1-2-19-13(21-11)22-4-3-18-9-22/h1-4,9-10H,5-8H2,(H,20,23). The summed E-state index contributed by atoms with van der Waals surface area (Å²) in [6.07, 6.45) is 7.47. The monoisotopic (exact) mass is 319 g/mol. The first-order chi connectivity index (χ1) is 10.9. The summed E-state index contributed by atoms with van der Waals surface area (Å²) in [5.74, 6) is -2.46. The van der Waals surface area contributed by atoms with Crippen molar-refractivity contribution in [2.45, 2.75) is 37.6 Å². The average molecular weight is 319 g/mol. The predicted molar refractivity (Wildman–Crippen MR) is 76.3 cm³/mol. The van der Waals surface area contributed by atoms with Crippen LogP contribution in [0.3, 0.4) is 0 Å². The van der Waals surface area contributed by atoms with Gasteiger partial charge in [-0.25, -0.2) is 23.7 Å². The van der Waals surface area contributed by atoms with E-state index < -0.39 is 5.92 Å². The van der Waals surface area contributed by atoms with Crippen LogP contribution in [0.2, 0.25) is 0 Å². The minimum atomic E-state index is -2.51. The lowest BCUT2D eigenvalue weighted by Crippen LogP contribution is -2.59. The molecule has 23 heavy (non-hydrogen) atoms. The molecular formula is C15H15F2N5O. The lowest BCUT2D eigenvalue weighted by molar-refractivity contribution is -0.197. The van der Waals surface area contributed by atoms with Crippen LogP contribution in [0, 0.1) is 5.41 Å². The number of carbonyl (C=O) groups is 1. The number of imidazole rings is 1. The summed E-state index contributed by atoms with van der Waals surface area (Å²) >= 11 is 0. The van der Waals surface area contributed by atoms with Gasteiger partial charge in [0.1, 0.15) is 12.0 Å². The number of hydrogen-bond donors (Lipinski definition) is 1. The Morgan fingerprint density at radius 2 is 2.09 bits per heavy atom. The molecule has 0 bridgehead atoms. The lowest BCUT2D eigenvalue weighted by atomic mass is 9.52. The van der Waals surface area contributed by atoms with Gasteiger partial charge >= 0.3 is 0 Å². The molecule has 2 saturated carbocycles. The Labute approximate surface area is 131 Å². The van der Waals surface area contributed by atoms with E-state index in [0.29, 0.717) is 18.8 Å². The van der Waals surface area contributed by atoms with E-state index >= 15 is 0 Å². The van der Waals surface area contributed by atoms with E-state index in [0.717, 1.165) is 0 Å². The zero-order chi connectivity index (χ0) is 16.1. The molecule has 1 spiro atoms. The van der Waals surface area contributed by atoms with E-state index in [2.05, 4.69) is 20.3 Å². The minimum absolute atomic E-state index is 0.0507. The van der Waals surface area contributed by atoms with Gasteiger partial charge in [-0.05, 0) is 24.3 Å². The van der Waals surface area contributed by atoms with Crippen LogP contribution in [0.4, 0.5) is 8.78 Å². The Hall–Kier alpha value is -2.38. The zero-order valence-electron chi connectivity index (χ0n) is 12.2. The van der Waals surface area contributed by atoms with Crippen LogP contribution in [0.5, 0.6) is 0 Å². The normalized spacial score (nSPS) is 21.5. The first kappa shape index (κ1) is 14.2. The number of carbonyl (C=O) groups excluding carboxylic acids is 1. The molecule has 1 amide bonds. The molecular weight excluding hydrogens is 304 g/mol. The van der Waals surface area contributed by atoms with Gasteiger partial charge in [0, 0.05) is 37.5 Å². The number of nitrogens with one attached hydrogen (secondary N) is 1. The van der Waals surface area contributed by atoms with Gasteiger partial charge in [-0.15, -0.1) is 0 Å². The third kappa shape index (κ3) is 2.58. The Morgan fingerprint density at radius 1 is 1.30 bits per heavy atom. The summed E-state index contributed by atoms with van der Waals surface area (Å²) in [5, 5.41) is 2.86. The van der Waals surface area contributed by atoms with Gasteiger partial charge in [-0.2, -0.15) is 0 Å². The molecule has 6 nitrogen and oxygen atoms in total. The summed E-state index contributed by atoms with van der Waals surface area (Å²) in [4.78, 5) is 24.4. The quantitative estimate of drug-likeness (QED) is 0.939. The summed E-state index contributed by atoms with van der Waals surface area (Å²) in [7, 11) is 0. The van der Waals surface area contributed by atoms with Crippen molar-refractivity contribution in [1.29, 1.82) is 0 Å². The molecule has 120 valence electrons. The third-order valence-electron chi connectivity index (χ3n) is 4.57. The maximum absolute atomic E-state index is 13.0. The van der Waals surface area contributed by atoms with Crippen molar-refractivity contribution >= 4 is 5.91 Å². The molecule has 0 aromatic carbocycles. The van der Waals surface area contributed by atoms with Gasteiger partial charge in [-0.1, -0.05) is 0 Å². The topological polar surface area (TPSA) is 72.7 Å². The number of nitrogens with zero attached hydrogens (tertiary/aromatic N) is 4. The maximum atomic E-state index is 13.0. The second-order valence-corrected chi connectivity index (χ2v) is 6.50. The van der Waals surface area contributed by atoms with Crippen LogP contribution in [-0.2, 0) is 0 Å². The second-order valence-electron chi connectivity index (χ2n) is 6.50. The van der Waals surface area contributed by atoms with Gasteiger partial charge < -0.3 is 5.32 Å². The minimum Gasteiger partial charge on any atom is -0.348 e. The van der Waals surface area contributed by atoms with Crippen molar-refractivity contribution in [2.75, 3.05) is 0 Å². The number of rotatable bonds is 3. The first-order valence-corrected chi connectivity index (χ1v) is 7.45. The van der Waals surface area contributed by atoms with E-state index in [-0.39, 0.29) is 35.9 Å². The molecule has 2 aliphatic rings. The molecule has 2 fully saturated rings. The van der Waals surface area contributed by atoms with E-state index in [1.54, 1.807) is 23.3 Å². The third-order valence-corrected chi connectivity index (χ3v) is 4.57. The highest BCUT2D eigenvalue weighted by atomic mass is 19.3. The molecule has 0 atom stereocenters. The number of aromatic nitrogens is 4. The summed E-state index contributed by atoms with van der Waals surface area (Å²) < 4.78 is 27.6. The van der Waals surface area contributed by atoms with Crippen LogP contribution >= 0.6 is 0 Å². The molecule has 2 aromatic heterocycles. The molecule has 4 rings (SSSR count). The molecule has 0 radical (unpaired) electrons. The van der Waals surface area contributed by atoms with Gasteiger partial charge in [0.05, 0.1) is 0 Å². The van der Waals surface area contributed by atoms with Crippen molar-refractivity contribution in [3.8, 4) is 5.95 Å². The number of amides is 1. The number of hydrogen-bond acceptors (Lipinski definition) is 4. The molecule has 8 heteroatoms. The zero-order valence-corrected chi connectivity index (χ0v) is 12.2. The highest BCUT2D eigenvalue weighted by molar-refractivity contribution is 5.92. The van der Waals surface area contributed by atoms with E-state index in [9.17, 15) is 13.6 Å². The van der Waals surface area contributed by atoms with Crippen LogP contribution in [0.25, 0.3) is 5.95 Å². The van der Waals surface area contributed by atoms with Crippen molar-refractivity contribution < 1.29 is 13.6 Å². The molecule has 0 aliphatic heterocycles. The van der Waals surface area contributed by atoms with Gasteiger partial charge in [0.15, 0.2) is 0 Å². The molecule has 1 N–H and O–H groups in total. The van der Waals surface area contributed by atoms with Crippen molar-refractivity contribution in [3.05, 3.63) is 36.7 Å². The van der Waals surface area contributed by atoms with Crippen LogP contribution in [0.15, 0.2) is 31.0 Å². The largest absolute Gasteiger partial charge is 0.348 e. The van der Waals surface area contributed by atoms with E-state index in [1.165, 1.54) is 12.3 Å². The molecule has 0 saturated heterocycles. The Kier molecular flexibility index (Phi) is 2.97. The fourth-order valence-corrected chi connectivity index (χ4v) is 3.66. The summed E-state index contributed by atoms with van der Waals surface area (Å²) in [5.41, 5.74) is -0.00155. The Balaban J connectivity index is 1.38. The summed E-state index contributed by atoms with van der Waals surface area (Å²) in [6, 6.07) is 1.48. The molecule has 0 unspecified atom stereocenters. The highest BCUT2D eigenvalue weighted by Gasteiger charge is 2.61. The summed E-state index contributed by atoms with van der Waals surface area (Å²) in [6.45, 7) is 0. The van der Waals surface area contributed by atoms with Gasteiger partial charge in [0.25, 0.3) is 5.91 Å². The van der Waals surface area contributed by atoms with Crippen molar-refractivity contribution in [3.63, 3.8) is 0 Å². The van der Waals surface area contributed by atoms with Crippen LogP contribution in [0.1, 0.15) is 36.2 Å². The fraction of sp³-hybridized carbons (Fsp3) is 0.467. The second kappa shape index (κ2) is 4.81. The van der Waals surface area contributed by atoms with E-state index in [4.69, 9.17) is 0 Å². The van der Waals surface area contributed by atoms with Crippen molar-refractivity contribution in [1.82, 2.24) is 24.8 Å². The van der Waals surface area contributed by atoms with Crippen LogP contribution in [-0.4, -0.2) is 37.4 Å². The highest BCUT2D eigenvalue weighted by Crippen LogP contribution is 2.62. The Bertz CT molecular complexity index is 730. The maximum Gasteiger partial charge on any atom is 0.270 e. The van der Waals surface area contributed by atoms with E-state index in [1.807, 2.05) is 0 Å². The first-order valence-electron chi connectivity index (χ1n) is 7.45. The smallest absolute Gasteiger partial charge is 0.270 e. The average Bonchev–Trinajstić information content (AvgIpc) is 2.97.